The molecule has 3 aromatic heterocycles. The highest BCUT2D eigenvalue weighted by Crippen LogP contribution is 2.36. The highest BCUT2D eigenvalue weighted by Gasteiger charge is 2.40. The van der Waals surface area contributed by atoms with Crippen LogP contribution in [0.5, 0.6) is 0 Å². The molecule has 1 aliphatic heterocycles. The number of benzene rings is 1. The Balaban J connectivity index is 1.36. The third-order valence-electron chi connectivity index (χ3n) is 8.12. The summed E-state index contributed by atoms with van der Waals surface area (Å²) in [6.45, 7) is 9.10. The van der Waals surface area contributed by atoms with Crippen molar-refractivity contribution in [2.75, 3.05) is 11.4 Å². The van der Waals surface area contributed by atoms with Crippen molar-refractivity contribution in [2.45, 2.75) is 57.7 Å². The van der Waals surface area contributed by atoms with Crippen LogP contribution in [0, 0.1) is 0 Å². The highest BCUT2D eigenvalue weighted by atomic mass is 32.2. The molecule has 0 fully saturated rings. The topological polar surface area (TPSA) is 106 Å². The number of rotatable bonds is 5. The van der Waals surface area contributed by atoms with E-state index >= 15 is 0 Å². The molecule has 0 spiro atoms. The molecule has 40 heavy (non-hydrogen) atoms. The largest absolute Gasteiger partial charge is 0.352 e. The van der Waals surface area contributed by atoms with Crippen LogP contribution in [-0.2, 0) is 30.0 Å². The van der Waals surface area contributed by atoms with Gasteiger partial charge in [0.15, 0.2) is 0 Å². The van der Waals surface area contributed by atoms with Crippen LogP contribution < -0.4 is 10.5 Å². The van der Waals surface area contributed by atoms with Crippen LogP contribution in [0.3, 0.4) is 0 Å². The SMILES string of the molecule is CC1=CC=CC(C)(S(=O)(=O)n2ccc3c(-c4nc5c(c(=O)[nH]4)CN(c4cc(C(C)C)nn4C)CC5)cccc32)C1. The van der Waals surface area contributed by atoms with E-state index in [1.165, 1.54) is 3.97 Å². The van der Waals surface area contributed by atoms with Gasteiger partial charge < -0.3 is 9.88 Å². The Morgan fingerprint density at radius 1 is 1.18 bits per heavy atom. The summed E-state index contributed by atoms with van der Waals surface area (Å²) in [5.41, 5.74) is 4.53. The molecular weight excluding hydrogens is 524 g/mol. The molecule has 0 saturated carbocycles. The number of allylic oxidation sites excluding steroid dienone is 3. The first-order valence-corrected chi connectivity index (χ1v) is 15.0. The van der Waals surface area contributed by atoms with Crippen molar-refractivity contribution in [3.8, 4) is 11.4 Å². The minimum atomic E-state index is -3.76. The molecule has 4 aromatic rings. The maximum atomic E-state index is 13.8. The lowest BCUT2D eigenvalue weighted by Gasteiger charge is -2.29. The lowest BCUT2D eigenvalue weighted by molar-refractivity contribution is 0.551. The summed E-state index contributed by atoms with van der Waals surface area (Å²) < 4.78 is 29.8. The van der Waals surface area contributed by atoms with Crippen LogP contribution in [0.4, 0.5) is 5.82 Å². The molecule has 1 aromatic carbocycles. The third kappa shape index (κ3) is 4.13. The van der Waals surface area contributed by atoms with Gasteiger partial charge in [0.05, 0.1) is 29.0 Å². The van der Waals surface area contributed by atoms with E-state index in [0.29, 0.717) is 47.8 Å². The standard InChI is InChI=1S/C30H34N6O3S/c1-19(2)25-16-27(34(5)33-25)35-14-12-24-23(18-35)29(37)32-28(31-24)22-9-6-10-26-21(22)11-15-36(26)40(38,39)30(4)13-7-8-20(3)17-30/h6-11,13,15-16,19H,12,14,17-18H2,1-5H3,(H,31,32,37). The van der Waals surface area contributed by atoms with E-state index in [0.717, 1.165) is 34.7 Å². The summed E-state index contributed by atoms with van der Waals surface area (Å²) in [5.74, 6) is 1.75. The van der Waals surface area contributed by atoms with Crippen molar-refractivity contribution in [3.63, 3.8) is 0 Å². The molecule has 1 atom stereocenters. The van der Waals surface area contributed by atoms with E-state index in [-0.39, 0.29) is 5.56 Å². The lowest BCUT2D eigenvalue weighted by atomic mass is 9.96. The summed E-state index contributed by atoms with van der Waals surface area (Å²) in [5, 5.41) is 5.35. The first-order chi connectivity index (χ1) is 19.0. The predicted molar refractivity (Wildman–Crippen MR) is 158 cm³/mol. The number of hydrogen-bond donors (Lipinski definition) is 1. The maximum absolute atomic E-state index is 13.8. The molecule has 208 valence electrons. The quantitative estimate of drug-likeness (QED) is 0.382. The van der Waals surface area contributed by atoms with Crippen LogP contribution in [0.2, 0.25) is 0 Å². The molecule has 2 aliphatic rings. The minimum absolute atomic E-state index is 0.179. The number of nitrogens with zero attached hydrogens (tertiary/aromatic N) is 5. The van der Waals surface area contributed by atoms with Gasteiger partial charge in [0.2, 0.25) is 10.0 Å². The lowest BCUT2D eigenvalue weighted by Crippen LogP contribution is -2.38. The van der Waals surface area contributed by atoms with Gasteiger partial charge in [-0.25, -0.2) is 17.4 Å². The van der Waals surface area contributed by atoms with Crippen molar-refractivity contribution in [1.82, 2.24) is 23.7 Å². The normalized spacial score (nSPS) is 19.4. The first-order valence-electron chi connectivity index (χ1n) is 13.6. The number of aromatic nitrogens is 5. The molecule has 1 N–H and O–H groups in total. The van der Waals surface area contributed by atoms with E-state index in [1.54, 1.807) is 31.3 Å². The Morgan fingerprint density at radius 2 is 1.98 bits per heavy atom. The fourth-order valence-corrected chi connectivity index (χ4v) is 7.60. The van der Waals surface area contributed by atoms with Crippen molar-refractivity contribution in [3.05, 3.63) is 87.6 Å². The highest BCUT2D eigenvalue weighted by molar-refractivity contribution is 7.91. The van der Waals surface area contributed by atoms with Crippen LogP contribution in [0.1, 0.15) is 57.0 Å². The smallest absolute Gasteiger partial charge is 0.256 e. The van der Waals surface area contributed by atoms with Crippen molar-refractivity contribution in [2.24, 2.45) is 7.05 Å². The van der Waals surface area contributed by atoms with Crippen LogP contribution >= 0.6 is 0 Å². The third-order valence-corrected chi connectivity index (χ3v) is 10.4. The number of fused-ring (bicyclic) bond motifs is 2. The number of hydrogen-bond acceptors (Lipinski definition) is 6. The van der Waals surface area contributed by atoms with Gasteiger partial charge in [-0.05, 0) is 38.3 Å². The fraction of sp³-hybridized carbons (Fsp3) is 0.367. The Bertz CT molecular complexity index is 1870. The van der Waals surface area contributed by atoms with Crippen molar-refractivity contribution >= 4 is 26.7 Å². The van der Waals surface area contributed by atoms with Gasteiger partial charge >= 0.3 is 0 Å². The fourth-order valence-electron chi connectivity index (χ4n) is 5.85. The van der Waals surface area contributed by atoms with Gasteiger partial charge in [-0.3, -0.25) is 9.48 Å². The summed E-state index contributed by atoms with van der Waals surface area (Å²) in [6, 6.07) is 9.35. The summed E-state index contributed by atoms with van der Waals surface area (Å²) in [7, 11) is -1.83. The number of aryl methyl sites for hydroxylation is 1. The van der Waals surface area contributed by atoms with Crippen LogP contribution in [0.15, 0.2) is 65.1 Å². The second-order valence-electron chi connectivity index (χ2n) is 11.4. The molecule has 0 radical (unpaired) electrons. The van der Waals surface area contributed by atoms with Gasteiger partial charge in [-0.15, -0.1) is 0 Å². The van der Waals surface area contributed by atoms with Crippen molar-refractivity contribution in [1.29, 1.82) is 0 Å². The van der Waals surface area contributed by atoms with Crippen LogP contribution in [0.25, 0.3) is 22.3 Å². The summed E-state index contributed by atoms with van der Waals surface area (Å²) in [6.07, 6.45) is 8.17. The molecule has 4 heterocycles. The summed E-state index contributed by atoms with van der Waals surface area (Å²) in [4.78, 5) is 23.4. The zero-order valence-corrected chi connectivity index (χ0v) is 24.3. The monoisotopic (exact) mass is 558 g/mol. The first kappa shape index (κ1) is 26.3. The van der Waals surface area contributed by atoms with Crippen molar-refractivity contribution < 1.29 is 8.42 Å². The zero-order valence-electron chi connectivity index (χ0n) is 23.5. The molecule has 0 bridgehead atoms. The van der Waals surface area contributed by atoms with Gasteiger partial charge in [-0.2, -0.15) is 5.10 Å². The van der Waals surface area contributed by atoms with Gasteiger partial charge in [-0.1, -0.05) is 49.8 Å². The van der Waals surface area contributed by atoms with Crippen LogP contribution in [-0.4, -0.2) is 43.4 Å². The zero-order chi connectivity index (χ0) is 28.4. The molecule has 10 heteroatoms. The van der Waals surface area contributed by atoms with Gasteiger partial charge in [0.1, 0.15) is 16.4 Å². The summed E-state index contributed by atoms with van der Waals surface area (Å²) >= 11 is 0. The molecule has 6 rings (SSSR count). The molecule has 0 amide bonds. The minimum Gasteiger partial charge on any atom is -0.352 e. The van der Waals surface area contributed by atoms with E-state index < -0.39 is 14.8 Å². The second kappa shape index (κ2) is 9.33. The molecular formula is C30H34N6O3S. The Hall–Kier alpha value is -3.92. The van der Waals surface area contributed by atoms with Gasteiger partial charge in [0.25, 0.3) is 5.56 Å². The predicted octanol–water partition coefficient (Wildman–Crippen LogP) is 4.65. The van der Waals surface area contributed by atoms with E-state index in [2.05, 4.69) is 34.9 Å². The average Bonchev–Trinajstić information content (AvgIpc) is 3.52. The number of anilines is 1. The van der Waals surface area contributed by atoms with E-state index in [4.69, 9.17) is 4.98 Å². The molecule has 9 nitrogen and oxygen atoms in total. The van der Waals surface area contributed by atoms with E-state index in [1.807, 2.05) is 42.9 Å². The Morgan fingerprint density at radius 3 is 2.70 bits per heavy atom. The molecule has 0 saturated heterocycles. The maximum Gasteiger partial charge on any atom is 0.256 e. The second-order valence-corrected chi connectivity index (χ2v) is 13.7. The molecule has 1 unspecified atom stereocenters. The number of aromatic amines is 1. The van der Waals surface area contributed by atoms with Gasteiger partial charge in [0, 0.05) is 43.2 Å². The van der Waals surface area contributed by atoms with E-state index in [9.17, 15) is 13.2 Å². The Labute approximate surface area is 233 Å². The molecule has 1 aliphatic carbocycles. The average molecular weight is 559 g/mol. The Kier molecular flexibility index (Phi) is 6.14. The number of H-pyrrole nitrogens is 1. The number of nitrogens with one attached hydrogen (secondary N) is 1.